The third-order valence-corrected chi connectivity index (χ3v) is 6.01. The van der Waals surface area contributed by atoms with Crippen LogP contribution in [0, 0.1) is 0 Å². The van der Waals surface area contributed by atoms with E-state index in [1.54, 1.807) is 0 Å². The van der Waals surface area contributed by atoms with Crippen molar-refractivity contribution in [1.29, 1.82) is 0 Å². The summed E-state index contributed by atoms with van der Waals surface area (Å²) < 4.78 is 8.34. The molecule has 0 aliphatic heterocycles. The predicted octanol–water partition coefficient (Wildman–Crippen LogP) is 6.93. The number of imidazole rings is 1. The van der Waals surface area contributed by atoms with Gasteiger partial charge in [-0.25, -0.2) is 4.98 Å². The van der Waals surface area contributed by atoms with Gasteiger partial charge in [0.05, 0.1) is 17.7 Å². The third kappa shape index (κ3) is 5.48. The van der Waals surface area contributed by atoms with Crippen LogP contribution in [0.5, 0.6) is 5.75 Å². The normalized spacial score (nSPS) is 11.2. The van der Waals surface area contributed by atoms with Crippen LogP contribution >= 0.6 is 11.6 Å². The Morgan fingerprint density at radius 2 is 1.29 bits per heavy atom. The molecule has 0 bridgehead atoms. The summed E-state index contributed by atoms with van der Waals surface area (Å²) in [6, 6.07) is 36.9. The molecule has 0 atom stereocenters. The Morgan fingerprint density at radius 3 is 1.94 bits per heavy atom. The molecule has 34 heavy (non-hydrogen) atoms. The molecule has 5 heteroatoms. The van der Waals surface area contributed by atoms with Crippen LogP contribution in [-0.2, 0) is 26.4 Å². The summed E-state index contributed by atoms with van der Waals surface area (Å²) in [7, 11) is 0. The topological polar surface area (TPSA) is 30.3 Å². The summed E-state index contributed by atoms with van der Waals surface area (Å²) in [6.45, 7) is 2.74. The molecule has 1 aromatic heterocycles. The third-order valence-electron chi connectivity index (χ3n) is 5.75. The smallest absolute Gasteiger partial charge is 0.149 e. The molecule has 0 N–H and O–H groups in total. The van der Waals surface area contributed by atoms with Gasteiger partial charge in [-0.2, -0.15) is 0 Å². The fraction of sp³-hybridized carbons (Fsp3) is 0.138. The molecule has 4 aromatic carbocycles. The van der Waals surface area contributed by atoms with E-state index in [0.717, 1.165) is 35.7 Å². The Balaban J connectivity index is 1.44. The van der Waals surface area contributed by atoms with Gasteiger partial charge in [-0.15, -0.1) is 0 Å². The summed E-state index contributed by atoms with van der Waals surface area (Å²) in [5.41, 5.74) is 4.63. The fourth-order valence-corrected chi connectivity index (χ4v) is 4.24. The molecule has 0 amide bonds. The predicted molar refractivity (Wildman–Crippen MR) is 138 cm³/mol. The molecule has 0 saturated heterocycles. The number of nitrogens with zero attached hydrogens (tertiary/aromatic N) is 3. The Bertz CT molecular complexity index is 1290. The average Bonchev–Trinajstić information content (AvgIpc) is 3.22. The molecule has 5 aromatic rings. The van der Waals surface area contributed by atoms with Crippen LogP contribution in [0.25, 0.3) is 11.0 Å². The van der Waals surface area contributed by atoms with Gasteiger partial charge in [-0.3, -0.25) is 4.90 Å². The maximum atomic E-state index is 6.07. The first-order valence-corrected chi connectivity index (χ1v) is 11.7. The minimum absolute atomic E-state index is 0.376. The van der Waals surface area contributed by atoms with Crippen molar-refractivity contribution in [3.05, 3.63) is 131 Å². The highest BCUT2D eigenvalue weighted by Crippen LogP contribution is 2.22. The lowest BCUT2D eigenvalue weighted by Crippen LogP contribution is -2.27. The molecule has 0 aliphatic rings. The second kappa shape index (κ2) is 10.6. The zero-order valence-electron chi connectivity index (χ0n) is 18.8. The van der Waals surface area contributed by atoms with Gasteiger partial charge in [0.15, 0.2) is 0 Å². The van der Waals surface area contributed by atoms with E-state index in [9.17, 15) is 0 Å². The zero-order valence-corrected chi connectivity index (χ0v) is 19.6. The van der Waals surface area contributed by atoms with E-state index in [-0.39, 0.29) is 0 Å². The number of halogens is 1. The molecule has 1 heterocycles. The first kappa shape index (κ1) is 22.2. The molecule has 4 nitrogen and oxygen atoms in total. The number of hydrogen-bond donors (Lipinski definition) is 0. The first-order chi connectivity index (χ1) is 16.7. The fourth-order valence-electron chi connectivity index (χ4n) is 4.11. The van der Waals surface area contributed by atoms with Crippen LogP contribution in [0.15, 0.2) is 109 Å². The number of para-hydroxylation sites is 2. The van der Waals surface area contributed by atoms with E-state index in [2.05, 4.69) is 88.3 Å². The van der Waals surface area contributed by atoms with Crippen molar-refractivity contribution in [3.63, 3.8) is 0 Å². The maximum absolute atomic E-state index is 6.07. The number of rotatable bonds is 9. The number of hydrogen-bond acceptors (Lipinski definition) is 3. The van der Waals surface area contributed by atoms with Crippen LogP contribution in [-0.4, -0.2) is 14.5 Å². The highest BCUT2D eigenvalue weighted by Gasteiger charge is 2.15. The van der Waals surface area contributed by atoms with Gasteiger partial charge in [-0.05, 0) is 47.5 Å². The van der Waals surface area contributed by atoms with Gasteiger partial charge in [0.2, 0.25) is 0 Å². The summed E-state index contributed by atoms with van der Waals surface area (Å²) in [5.74, 6) is 1.66. The molecule has 0 unspecified atom stereocenters. The van der Waals surface area contributed by atoms with Crippen molar-refractivity contribution in [2.45, 2.75) is 26.4 Å². The number of aromatic nitrogens is 2. The molecule has 0 fully saturated rings. The molecule has 5 rings (SSSR count). The lowest BCUT2D eigenvalue weighted by atomic mass is 10.2. The number of ether oxygens (including phenoxy) is 1. The Morgan fingerprint density at radius 1 is 0.706 bits per heavy atom. The van der Waals surface area contributed by atoms with Crippen molar-refractivity contribution >= 4 is 22.6 Å². The van der Waals surface area contributed by atoms with Gasteiger partial charge >= 0.3 is 0 Å². The average molecular weight is 468 g/mol. The lowest BCUT2D eigenvalue weighted by molar-refractivity contribution is 0.193. The highest BCUT2D eigenvalue weighted by atomic mass is 35.5. The Kier molecular flexibility index (Phi) is 6.89. The Hall–Kier alpha value is -3.60. The minimum atomic E-state index is 0.376. The zero-order chi connectivity index (χ0) is 23.2. The van der Waals surface area contributed by atoms with Crippen LogP contribution in [0.3, 0.4) is 0 Å². The summed E-state index contributed by atoms with van der Waals surface area (Å²) in [4.78, 5) is 7.33. The minimum Gasteiger partial charge on any atom is -0.486 e. The highest BCUT2D eigenvalue weighted by molar-refractivity contribution is 6.30. The van der Waals surface area contributed by atoms with Crippen LogP contribution in [0.1, 0.15) is 17.0 Å². The molecule has 0 aliphatic carbocycles. The summed E-state index contributed by atoms with van der Waals surface area (Å²) >= 11 is 6.02. The first-order valence-electron chi connectivity index (χ1n) is 11.4. The maximum Gasteiger partial charge on any atom is 0.149 e. The molecular formula is C29H26ClN3O. The van der Waals surface area contributed by atoms with E-state index in [0.29, 0.717) is 18.3 Å². The van der Waals surface area contributed by atoms with Gasteiger partial charge in [0.25, 0.3) is 0 Å². The lowest BCUT2D eigenvalue weighted by Gasteiger charge is -2.25. The standard InChI is InChI=1S/C29H26ClN3O/c30-25-15-17-26(18-16-25)34-21-29-31-27-13-7-8-14-28(27)33(29)22-32(19-23-9-3-1-4-10-23)20-24-11-5-2-6-12-24/h1-18H,19-22H2. The van der Waals surface area contributed by atoms with Gasteiger partial charge < -0.3 is 9.30 Å². The van der Waals surface area contributed by atoms with Crippen molar-refractivity contribution in [2.75, 3.05) is 0 Å². The molecule has 0 saturated carbocycles. The SMILES string of the molecule is Clc1ccc(OCc2nc3ccccc3n2CN(Cc2ccccc2)Cc2ccccc2)cc1. The van der Waals surface area contributed by atoms with E-state index >= 15 is 0 Å². The molecule has 0 spiro atoms. The van der Waals surface area contributed by atoms with Crippen molar-refractivity contribution in [1.82, 2.24) is 14.5 Å². The van der Waals surface area contributed by atoms with E-state index in [1.807, 2.05) is 30.3 Å². The quantitative estimate of drug-likeness (QED) is 0.235. The van der Waals surface area contributed by atoms with Crippen LogP contribution in [0.4, 0.5) is 0 Å². The molecule has 170 valence electrons. The van der Waals surface area contributed by atoms with Crippen molar-refractivity contribution in [3.8, 4) is 5.75 Å². The van der Waals surface area contributed by atoms with E-state index in [1.165, 1.54) is 11.1 Å². The van der Waals surface area contributed by atoms with Gasteiger partial charge in [0, 0.05) is 18.1 Å². The largest absolute Gasteiger partial charge is 0.486 e. The monoisotopic (exact) mass is 467 g/mol. The van der Waals surface area contributed by atoms with Crippen molar-refractivity contribution in [2.24, 2.45) is 0 Å². The van der Waals surface area contributed by atoms with Crippen molar-refractivity contribution < 1.29 is 4.74 Å². The van der Waals surface area contributed by atoms with Crippen LogP contribution in [0.2, 0.25) is 5.02 Å². The second-order valence-corrected chi connectivity index (χ2v) is 8.72. The Labute approximate surface area is 205 Å². The number of fused-ring (bicyclic) bond motifs is 1. The molecular weight excluding hydrogens is 442 g/mol. The molecule has 0 radical (unpaired) electrons. The summed E-state index contributed by atoms with van der Waals surface area (Å²) in [6.07, 6.45) is 0. The van der Waals surface area contributed by atoms with Crippen LogP contribution < -0.4 is 4.74 Å². The van der Waals surface area contributed by atoms with Gasteiger partial charge in [-0.1, -0.05) is 84.4 Å². The van der Waals surface area contributed by atoms with E-state index in [4.69, 9.17) is 21.3 Å². The van der Waals surface area contributed by atoms with E-state index < -0.39 is 0 Å². The second-order valence-electron chi connectivity index (χ2n) is 8.29. The van der Waals surface area contributed by atoms with Gasteiger partial charge in [0.1, 0.15) is 18.2 Å². The number of benzene rings is 4. The summed E-state index contributed by atoms with van der Waals surface area (Å²) in [5, 5.41) is 0.692.